The average molecular weight is 268 g/mol. The van der Waals surface area contributed by atoms with Crippen LogP contribution in [0.25, 0.3) is 0 Å². The highest BCUT2D eigenvalue weighted by molar-refractivity contribution is 5.80. The molecule has 0 aromatic heterocycles. The highest BCUT2D eigenvalue weighted by atomic mass is 16.5. The molecule has 1 N–H and O–H groups in total. The summed E-state index contributed by atoms with van der Waals surface area (Å²) in [6.45, 7) is 3.74. The third kappa shape index (κ3) is 3.85. The molecule has 1 saturated carbocycles. The number of fused-ring (bicyclic) bond motifs is 1. The fourth-order valence-electron chi connectivity index (χ4n) is 3.26. The minimum absolute atomic E-state index is 0.0305. The maximum Gasteiger partial charge on any atom is 0.325 e. The Hall–Kier alpha value is -1.26. The number of likely N-dealkylation sites (tertiary alicyclic amines) is 1. The van der Waals surface area contributed by atoms with Gasteiger partial charge < -0.3 is 15.0 Å². The summed E-state index contributed by atoms with van der Waals surface area (Å²) in [6.07, 6.45) is 6.31. The lowest BCUT2D eigenvalue weighted by molar-refractivity contribution is -0.141. The van der Waals surface area contributed by atoms with Gasteiger partial charge in [0.1, 0.15) is 6.54 Å². The minimum Gasteiger partial charge on any atom is -0.465 e. The monoisotopic (exact) mass is 268 g/mol. The standard InChI is InChI=1S/C14H24N2O3/c1-2-19-13(17)9-15-14(18)16-8-7-11-5-3-4-6-12(11)10-16/h11-12H,2-10H2,1H3,(H,15,18). The first-order valence-electron chi connectivity index (χ1n) is 7.39. The maximum atomic E-state index is 12.0. The Balaban J connectivity index is 1.75. The van der Waals surface area contributed by atoms with Crippen molar-refractivity contribution < 1.29 is 14.3 Å². The number of hydrogen-bond donors (Lipinski definition) is 1. The van der Waals surface area contributed by atoms with Gasteiger partial charge in [0, 0.05) is 13.1 Å². The molecule has 0 bridgehead atoms. The van der Waals surface area contributed by atoms with Crippen molar-refractivity contribution >= 4 is 12.0 Å². The number of amides is 2. The minimum atomic E-state index is -0.372. The van der Waals surface area contributed by atoms with E-state index in [-0.39, 0.29) is 18.5 Å². The number of urea groups is 1. The molecule has 2 amide bonds. The summed E-state index contributed by atoms with van der Waals surface area (Å²) in [6, 6.07) is -0.128. The molecule has 1 aliphatic carbocycles. The van der Waals surface area contributed by atoms with Crippen molar-refractivity contribution in [1.29, 1.82) is 0 Å². The summed E-state index contributed by atoms with van der Waals surface area (Å²) < 4.78 is 4.79. The van der Waals surface area contributed by atoms with Crippen LogP contribution in [0.5, 0.6) is 0 Å². The summed E-state index contributed by atoms with van der Waals surface area (Å²) in [4.78, 5) is 25.0. The summed E-state index contributed by atoms with van der Waals surface area (Å²) in [5.74, 6) is 1.10. The van der Waals surface area contributed by atoms with Gasteiger partial charge in [-0.25, -0.2) is 4.79 Å². The smallest absolute Gasteiger partial charge is 0.325 e. The van der Waals surface area contributed by atoms with Crippen molar-refractivity contribution in [3.05, 3.63) is 0 Å². The molecule has 2 aliphatic rings. The second-order valence-corrected chi connectivity index (χ2v) is 5.50. The number of nitrogens with zero attached hydrogens (tertiary/aromatic N) is 1. The Labute approximate surface area is 114 Å². The van der Waals surface area contributed by atoms with Gasteiger partial charge in [-0.05, 0) is 31.6 Å². The predicted octanol–water partition coefficient (Wildman–Crippen LogP) is 1.77. The highest BCUT2D eigenvalue weighted by Crippen LogP contribution is 2.35. The Morgan fingerprint density at radius 1 is 1.21 bits per heavy atom. The van der Waals surface area contributed by atoms with E-state index >= 15 is 0 Å². The van der Waals surface area contributed by atoms with Crippen molar-refractivity contribution in [3.63, 3.8) is 0 Å². The summed E-state index contributed by atoms with van der Waals surface area (Å²) in [5, 5.41) is 2.64. The molecule has 5 heteroatoms. The van der Waals surface area contributed by atoms with E-state index in [1.54, 1.807) is 6.92 Å². The molecule has 108 valence electrons. The number of carbonyl (C=O) groups excluding carboxylic acids is 2. The first-order chi connectivity index (χ1) is 9.20. The number of hydrogen-bond acceptors (Lipinski definition) is 3. The Morgan fingerprint density at radius 3 is 2.68 bits per heavy atom. The highest BCUT2D eigenvalue weighted by Gasteiger charge is 2.32. The number of rotatable bonds is 3. The van der Waals surface area contributed by atoms with Gasteiger partial charge >= 0.3 is 12.0 Å². The fraction of sp³-hybridized carbons (Fsp3) is 0.857. The number of esters is 1. The van der Waals surface area contributed by atoms with Gasteiger partial charge in [-0.3, -0.25) is 4.79 Å². The van der Waals surface area contributed by atoms with Gasteiger partial charge in [-0.2, -0.15) is 0 Å². The van der Waals surface area contributed by atoms with Crippen LogP contribution in [0.15, 0.2) is 0 Å². The van der Waals surface area contributed by atoms with Crippen LogP contribution in [-0.2, 0) is 9.53 Å². The van der Waals surface area contributed by atoms with Crippen LogP contribution in [0.1, 0.15) is 39.0 Å². The first-order valence-corrected chi connectivity index (χ1v) is 7.39. The van der Waals surface area contributed by atoms with Crippen molar-refractivity contribution in [3.8, 4) is 0 Å². The molecular formula is C14H24N2O3. The van der Waals surface area contributed by atoms with Crippen LogP contribution in [0.4, 0.5) is 4.79 Å². The van der Waals surface area contributed by atoms with E-state index in [1.165, 1.54) is 25.7 Å². The number of ether oxygens (including phenoxy) is 1. The molecule has 0 aromatic carbocycles. The van der Waals surface area contributed by atoms with Crippen LogP contribution < -0.4 is 5.32 Å². The molecular weight excluding hydrogens is 244 g/mol. The van der Waals surface area contributed by atoms with Crippen molar-refractivity contribution in [1.82, 2.24) is 10.2 Å². The first kappa shape index (κ1) is 14.2. The lowest BCUT2D eigenvalue weighted by Gasteiger charge is -2.41. The predicted molar refractivity (Wildman–Crippen MR) is 71.7 cm³/mol. The molecule has 0 spiro atoms. The van der Waals surface area contributed by atoms with Gasteiger partial charge in [0.25, 0.3) is 0 Å². The Morgan fingerprint density at radius 2 is 1.95 bits per heavy atom. The van der Waals surface area contributed by atoms with Crippen LogP contribution in [-0.4, -0.2) is 43.1 Å². The maximum absolute atomic E-state index is 12.0. The van der Waals surface area contributed by atoms with Gasteiger partial charge in [0.05, 0.1) is 6.61 Å². The normalized spacial score (nSPS) is 26.5. The molecule has 0 radical (unpaired) electrons. The van der Waals surface area contributed by atoms with E-state index in [0.717, 1.165) is 25.4 Å². The van der Waals surface area contributed by atoms with E-state index in [0.29, 0.717) is 12.5 Å². The third-order valence-corrected chi connectivity index (χ3v) is 4.27. The number of piperidine rings is 1. The van der Waals surface area contributed by atoms with E-state index in [4.69, 9.17) is 4.74 Å². The molecule has 1 saturated heterocycles. The van der Waals surface area contributed by atoms with Crippen molar-refractivity contribution in [2.75, 3.05) is 26.2 Å². The molecule has 1 aliphatic heterocycles. The molecule has 0 aromatic rings. The second kappa shape index (κ2) is 6.78. The zero-order chi connectivity index (χ0) is 13.7. The van der Waals surface area contributed by atoms with Gasteiger partial charge in [-0.1, -0.05) is 19.3 Å². The third-order valence-electron chi connectivity index (χ3n) is 4.27. The molecule has 19 heavy (non-hydrogen) atoms. The van der Waals surface area contributed by atoms with Crippen LogP contribution in [0.3, 0.4) is 0 Å². The fourth-order valence-corrected chi connectivity index (χ4v) is 3.26. The van der Waals surface area contributed by atoms with Gasteiger partial charge in [0.2, 0.25) is 0 Å². The summed E-state index contributed by atoms with van der Waals surface area (Å²) in [5.41, 5.74) is 0. The SMILES string of the molecule is CCOC(=O)CNC(=O)N1CCC2CCCCC2C1. The summed E-state index contributed by atoms with van der Waals surface area (Å²) >= 11 is 0. The van der Waals surface area contributed by atoms with Crippen LogP contribution in [0.2, 0.25) is 0 Å². The van der Waals surface area contributed by atoms with Gasteiger partial charge in [0.15, 0.2) is 0 Å². The zero-order valence-electron chi connectivity index (χ0n) is 11.7. The molecule has 1 heterocycles. The van der Waals surface area contributed by atoms with Gasteiger partial charge in [-0.15, -0.1) is 0 Å². The lowest BCUT2D eigenvalue weighted by atomic mass is 9.75. The zero-order valence-corrected chi connectivity index (χ0v) is 11.7. The van der Waals surface area contributed by atoms with Crippen LogP contribution >= 0.6 is 0 Å². The Kier molecular flexibility index (Phi) is 5.05. The van der Waals surface area contributed by atoms with E-state index < -0.39 is 0 Å². The summed E-state index contributed by atoms with van der Waals surface area (Å²) in [7, 11) is 0. The average Bonchev–Trinajstić information content (AvgIpc) is 2.44. The second-order valence-electron chi connectivity index (χ2n) is 5.50. The molecule has 2 rings (SSSR count). The number of nitrogens with one attached hydrogen (secondary N) is 1. The topological polar surface area (TPSA) is 58.6 Å². The van der Waals surface area contributed by atoms with E-state index in [9.17, 15) is 9.59 Å². The van der Waals surface area contributed by atoms with Crippen molar-refractivity contribution in [2.24, 2.45) is 11.8 Å². The molecule has 2 atom stereocenters. The quantitative estimate of drug-likeness (QED) is 0.794. The number of carbonyl (C=O) groups is 2. The van der Waals surface area contributed by atoms with Crippen molar-refractivity contribution in [2.45, 2.75) is 39.0 Å². The van der Waals surface area contributed by atoms with E-state index in [1.807, 2.05) is 4.90 Å². The largest absolute Gasteiger partial charge is 0.465 e. The molecule has 2 fully saturated rings. The van der Waals surface area contributed by atoms with E-state index in [2.05, 4.69) is 5.32 Å². The Bertz CT molecular complexity index is 333. The molecule has 2 unspecified atom stereocenters. The lowest BCUT2D eigenvalue weighted by Crippen LogP contribution is -2.49. The van der Waals surface area contributed by atoms with Crippen LogP contribution in [0, 0.1) is 11.8 Å². The molecule has 5 nitrogen and oxygen atoms in total.